The molecule has 92 valence electrons. The minimum Gasteiger partial charge on any atom is -0.377 e. The number of rotatable bonds is 11. The van der Waals surface area contributed by atoms with Gasteiger partial charge in [0, 0.05) is 13.2 Å². The molecule has 1 atom stereocenters. The highest BCUT2D eigenvalue weighted by atomic mass is 16.5. The number of unbranched alkanes of at least 4 members (excludes halogenated alkanes) is 6. The summed E-state index contributed by atoms with van der Waals surface area (Å²) in [5, 5.41) is 3.12. The van der Waals surface area contributed by atoms with Crippen molar-refractivity contribution in [3.8, 4) is 0 Å². The molecule has 15 heavy (non-hydrogen) atoms. The van der Waals surface area contributed by atoms with Gasteiger partial charge >= 0.3 is 0 Å². The normalized spacial score (nSPS) is 13.0. The van der Waals surface area contributed by atoms with Gasteiger partial charge in [-0.1, -0.05) is 45.4 Å². The molecule has 0 radical (unpaired) electrons. The highest BCUT2D eigenvalue weighted by molar-refractivity contribution is 4.52. The highest BCUT2D eigenvalue weighted by Gasteiger charge is 1.98. The van der Waals surface area contributed by atoms with E-state index >= 15 is 0 Å². The molecule has 0 saturated carbocycles. The van der Waals surface area contributed by atoms with Crippen molar-refractivity contribution in [2.75, 3.05) is 20.2 Å². The molecule has 0 aliphatic rings. The standard InChI is InChI=1S/C13H29NO/c1-4-5-6-7-8-9-10-11-15-13(2)12-14-3/h13-14H,4-12H2,1-3H3. The van der Waals surface area contributed by atoms with Crippen LogP contribution in [0.1, 0.15) is 58.8 Å². The van der Waals surface area contributed by atoms with Gasteiger partial charge < -0.3 is 10.1 Å². The minimum atomic E-state index is 0.357. The van der Waals surface area contributed by atoms with Crippen molar-refractivity contribution in [1.29, 1.82) is 0 Å². The van der Waals surface area contributed by atoms with Gasteiger partial charge in [-0.2, -0.15) is 0 Å². The quantitative estimate of drug-likeness (QED) is 0.534. The second-order valence-electron chi connectivity index (χ2n) is 4.36. The molecule has 0 heterocycles. The first-order chi connectivity index (χ1) is 7.31. The first-order valence-electron chi connectivity index (χ1n) is 6.57. The SMILES string of the molecule is CCCCCCCCCOC(C)CNC. The Morgan fingerprint density at radius 1 is 1.00 bits per heavy atom. The molecule has 1 unspecified atom stereocenters. The van der Waals surface area contributed by atoms with Crippen molar-refractivity contribution in [1.82, 2.24) is 5.32 Å². The third-order valence-electron chi connectivity index (χ3n) is 2.64. The number of hydrogen-bond donors (Lipinski definition) is 1. The Labute approximate surface area is 95.8 Å². The fourth-order valence-corrected chi connectivity index (χ4v) is 1.69. The summed E-state index contributed by atoms with van der Waals surface area (Å²) in [7, 11) is 1.97. The van der Waals surface area contributed by atoms with Crippen molar-refractivity contribution < 1.29 is 4.74 Å². The van der Waals surface area contributed by atoms with Crippen LogP contribution in [0.4, 0.5) is 0 Å². The van der Waals surface area contributed by atoms with Gasteiger partial charge in [0.25, 0.3) is 0 Å². The summed E-state index contributed by atoms with van der Waals surface area (Å²) in [5.74, 6) is 0. The molecule has 0 aliphatic carbocycles. The fraction of sp³-hybridized carbons (Fsp3) is 1.00. The molecule has 0 rings (SSSR count). The zero-order valence-electron chi connectivity index (χ0n) is 10.8. The molecule has 2 heteroatoms. The monoisotopic (exact) mass is 215 g/mol. The van der Waals surface area contributed by atoms with Crippen LogP contribution >= 0.6 is 0 Å². The van der Waals surface area contributed by atoms with Crippen LogP contribution in [0.5, 0.6) is 0 Å². The Bertz CT molecular complexity index is 117. The summed E-state index contributed by atoms with van der Waals surface area (Å²) in [6, 6.07) is 0. The lowest BCUT2D eigenvalue weighted by Crippen LogP contribution is -2.23. The van der Waals surface area contributed by atoms with E-state index in [9.17, 15) is 0 Å². The van der Waals surface area contributed by atoms with Crippen LogP contribution in [0, 0.1) is 0 Å². The summed E-state index contributed by atoms with van der Waals surface area (Å²) in [4.78, 5) is 0. The number of likely N-dealkylation sites (N-methyl/N-ethyl adjacent to an activating group) is 1. The summed E-state index contributed by atoms with van der Waals surface area (Å²) in [6.07, 6.45) is 9.84. The molecule has 0 saturated heterocycles. The Morgan fingerprint density at radius 3 is 2.20 bits per heavy atom. The van der Waals surface area contributed by atoms with Gasteiger partial charge in [0.15, 0.2) is 0 Å². The number of ether oxygens (including phenoxy) is 1. The van der Waals surface area contributed by atoms with Crippen molar-refractivity contribution in [2.45, 2.75) is 64.9 Å². The predicted octanol–water partition coefficient (Wildman–Crippen LogP) is 3.36. The van der Waals surface area contributed by atoms with Crippen molar-refractivity contribution >= 4 is 0 Å². The lowest BCUT2D eigenvalue weighted by atomic mass is 10.1. The number of hydrogen-bond acceptors (Lipinski definition) is 2. The fourth-order valence-electron chi connectivity index (χ4n) is 1.69. The predicted molar refractivity (Wildman–Crippen MR) is 67.3 cm³/mol. The van der Waals surface area contributed by atoms with E-state index in [0.29, 0.717) is 6.10 Å². The van der Waals surface area contributed by atoms with Crippen molar-refractivity contribution in [3.63, 3.8) is 0 Å². The molecular formula is C13H29NO. The molecule has 0 bridgehead atoms. The van der Waals surface area contributed by atoms with E-state index in [1.54, 1.807) is 0 Å². The van der Waals surface area contributed by atoms with Gasteiger partial charge in [-0.3, -0.25) is 0 Å². The summed E-state index contributed by atoms with van der Waals surface area (Å²) < 4.78 is 5.65. The van der Waals surface area contributed by atoms with Gasteiger partial charge in [0.2, 0.25) is 0 Å². The van der Waals surface area contributed by atoms with E-state index in [-0.39, 0.29) is 0 Å². The van der Waals surface area contributed by atoms with E-state index in [2.05, 4.69) is 19.2 Å². The Kier molecular flexibility index (Phi) is 11.9. The van der Waals surface area contributed by atoms with Gasteiger partial charge in [0.1, 0.15) is 0 Å². The van der Waals surface area contributed by atoms with E-state index in [0.717, 1.165) is 13.2 Å². The minimum absolute atomic E-state index is 0.357. The van der Waals surface area contributed by atoms with E-state index in [1.165, 1.54) is 44.9 Å². The first-order valence-corrected chi connectivity index (χ1v) is 6.57. The van der Waals surface area contributed by atoms with Crippen LogP contribution in [0.15, 0.2) is 0 Å². The molecular weight excluding hydrogens is 186 g/mol. The van der Waals surface area contributed by atoms with Gasteiger partial charge in [-0.05, 0) is 20.4 Å². The van der Waals surface area contributed by atoms with Crippen LogP contribution in [0.25, 0.3) is 0 Å². The number of nitrogens with one attached hydrogen (secondary N) is 1. The molecule has 2 nitrogen and oxygen atoms in total. The average molecular weight is 215 g/mol. The summed E-state index contributed by atoms with van der Waals surface area (Å²) in [6.45, 7) is 6.27. The van der Waals surface area contributed by atoms with Gasteiger partial charge in [0.05, 0.1) is 6.10 Å². The molecule has 0 aromatic heterocycles. The van der Waals surface area contributed by atoms with Crippen LogP contribution < -0.4 is 5.32 Å². The molecule has 0 fully saturated rings. The topological polar surface area (TPSA) is 21.3 Å². The lowest BCUT2D eigenvalue weighted by molar-refractivity contribution is 0.0643. The molecule has 0 aromatic carbocycles. The summed E-state index contributed by atoms with van der Waals surface area (Å²) in [5.41, 5.74) is 0. The van der Waals surface area contributed by atoms with E-state index in [1.807, 2.05) is 7.05 Å². The third-order valence-corrected chi connectivity index (χ3v) is 2.64. The molecule has 0 aliphatic heterocycles. The third kappa shape index (κ3) is 11.8. The Hall–Kier alpha value is -0.0800. The smallest absolute Gasteiger partial charge is 0.0671 e. The maximum atomic E-state index is 5.65. The second kappa shape index (κ2) is 12.0. The average Bonchev–Trinajstić information content (AvgIpc) is 2.22. The highest BCUT2D eigenvalue weighted by Crippen LogP contribution is 2.07. The van der Waals surface area contributed by atoms with Crippen molar-refractivity contribution in [2.24, 2.45) is 0 Å². The molecule has 1 N–H and O–H groups in total. The van der Waals surface area contributed by atoms with Crippen LogP contribution in [0.2, 0.25) is 0 Å². The van der Waals surface area contributed by atoms with Gasteiger partial charge in [-0.15, -0.1) is 0 Å². The maximum Gasteiger partial charge on any atom is 0.0671 e. The van der Waals surface area contributed by atoms with E-state index < -0.39 is 0 Å². The zero-order valence-corrected chi connectivity index (χ0v) is 10.8. The Morgan fingerprint density at radius 2 is 1.60 bits per heavy atom. The van der Waals surface area contributed by atoms with Crippen molar-refractivity contribution in [3.05, 3.63) is 0 Å². The largest absolute Gasteiger partial charge is 0.377 e. The molecule has 0 spiro atoms. The zero-order chi connectivity index (χ0) is 11.4. The van der Waals surface area contributed by atoms with Gasteiger partial charge in [-0.25, -0.2) is 0 Å². The van der Waals surface area contributed by atoms with Crippen LogP contribution in [-0.4, -0.2) is 26.3 Å². The molecule has 0 aromatic rings. The van der Waals surface area contributed by atoms with Crippen LogP contribution in [0.3, 0.4) is 0 Å². The maximum absolute atomic E-state index is 5.65. The van der Waals surface area contributed by atoms with E-state index in [4.69, 9.17) is 4.74 Å². The lowest BCUT2D eigenvalue weighted by Gasteiger charge is -2.11. The first kappa shape index (κ1) is 14.9. The Balaban J connectivity index is 2.98. The van der Waals surface area contributed by atoms with Crippen LogP contribution in [-0.2, 0) is 4.74 Å². The summed E-state index contributed by atoms with van der Waals surface area (Å²) >= 11 is 0. The second-order valence-corrected chi connectivity index (χ2v) is 4.36. The molecule has 0 amide bonds.